The van der Waals surface area contributed by atoms with E-state index in [1.165, 1.54) is 18.1 Å². The SMILES string of the molecule is CCC(=O)[C@@H]1C[C@@H](C)[C@@]2(C[C@@]3(C)CCC4=C(CC[C@H]5[C@@](C)(CO)[C@@H](O[C@@H]6O[C@H](CO[C@@H]7OC[C@H](O)[C@H](O)[C@H]7O[C@@H]7O[C@H](CO)[C@@H](O)[C@H](O[C@@H]8O[C@H](CO)[C@@H](O)[C@H](O)[C@H]8O[C@@H]8O[C@H](CO)[C@@H](O)[C@H](O)[C@H]8O)[C@H]7O[C@@H]7O[C@@H](C)[C@H](O)[C@@H](O)[C@H]7O)[C@@H](O)[C@H](O)[C@H]6O)CC[C@]45C)[C@]3(C)C2)O1. The number of ketones is 1. The quantitative estimate of drug-likeness (QED) is 0.0536. The zero-order chi connectivity index (χ0) is 69.8. The molecule has 0 unspecified atom stereocenters. The molecule has 32 heteroatoms. The molecule has 11 rings (SSSR count). The highest BCUT2D eigenvalue weighted by Crippen LogP contribution is 2.74. The van der Waals surface area contributed by atoms with Gasteiger partial charge >= 0.3 is 0 Å². The Bertz CT molecular complexity index is 2680. The lowest BCUT2D eigenvalue weighted by molar-refractivity contribution is -0.414. The van der Waals surface area contributed by atoms with Crippen molar-refractivity contribution in [2.45, 2.75) is 309 Å². The molecule has 11 aliphatic rings. The molecule has 7 heterocycles. The van der Waals surface area contributed by atoms with E-state index >= 15 is 0 Å². The number of allylic oxidation sites excluding steroid dienone is 2. The van der Waals surface area contributed by atoms with Crippen LogP contribution >= 0.6 is 0 Å². The fourth-order valence-corrected chi connectivity index (χ4v) is 18.2. The van der Waals surface area contributed by atoms with Gasteiger partial charge in [-0.25, -0.2) is 0 Å². The predicted octanol–water partition coefficient (Wildman–Crippen LogP) is -5.79. The third-order valence-corrected chi connectivity index (χ3v) is 24.4. The Kier molecular flexibility index (Phi) is 22.8. The van der Waals surface area contributed by atoms with E-state index in [2.05, 4.69) is 27.7 Å². The molecule has 0 bridgehead atoms. The number of carbonyl (C=O) groups is 1. The highest BCUT2D eigenvalue weighted by molar-refractivity contribution is 5.83. The van der Waals surface area contributed by atoms with Gasteiger partial charge in [-0.1, -0.05) is 52.7 Å². The maximum Gasteiger partial charge on any atom is 0.187 e. The first-order valence-corrected chi connectivity index (χ1v) is 34.0. The molecule has 0 amide bonds. The summed E-state index contributed by atoms with van der Waals surface area (Å²) in [5.41, 5.74) is 0.862. The maximum absolute atomic E-state index is 13.0. The van der Waals surface area contributed by atoms with Crippen molar-refractivity contribution in [2.24, 2.45) is 33.5 Å². The van der Waals surface area contributed by atoms with Gasteiger partial charge in [0, 0.05) is 11.8 Å². The van der Waals surface area contributed by atoms with Gasteiger partial charge in [0.15, 0.2) is 43.5 Å². The molecule has 7 aliphatic heterocycles. The molecule has 32 nitrogen and oxygen atoms in total. The summed E-state index contributed by atoms with van der Waals surface area (Å²) in [6.07, 6.45) is -49.2. The predicted molar refractivity (Wildman–Crippen MR) is 318 cm³/mol. The lowest BCUT2D eigenvalue weighted by atomic mass is 9.44. The Morgan fingerprint density at radius 2 is 1.03 bits per heavy atom. The summed E-state index contributed by atoms with van der Waals surface area (Å²) < 4.78 is 79.6. The van der Waals surface area contributed by atoms with Gasteiger partial charge in [-0.3, -0.25) is 4.79 Å². The number of rotatable bonds is 19. The molecule has 9 fully saturated rings. The first-order chi connectivity index (χ1) is 45.3. The first kappa shape index (κ1) is 75.3. The minimum Gasteiger partial charge on any atom is -0.396 e. The van der Waals surface area contributed by atoms with Gasteiger partial charge in [0.1, 0.15) is 140 Å². The van der Waals surface area contributed by atoms with Crippen molar-refractivity contribution in [2.75, 3.05) is 39.6 Å². The number of hydrogen-bond donors (Lipinski definition) is 18. The molecule has 96 heavy (non-hydrogen) atoms. The van der Waals surface area contributed by atoms with Crippen molar-refractivity contribution < 1.29 is 158 Å². The van der Waals surface area contributed by atoms with Crippen LogP contribution in [-0.2, 0) is 66.4 Å². The second-order valence-electron chi connectivity index (χ2n) is 30.0. The van der Waals surface area contributed by atoms with Crippen LogP contribution in [0.2, 0.25) is 0 Å². The molecular weight excluding hydrogens is 1280 g/mol. The van der Waals surface area contributed by atoms with Crippen molar-refractivity contribution >= 4 is 5.78 Å². The van der Waals surface area contributed by atoms with E-state index < -0.39 is 234 Å². The average molecular weight is 1390 g/mol. The number of ether oxygens (including phenoxy) is 13. The van der Waals surface area contributed by atoms with E-state index in [0.717, 1.165) is 32.1 Å². The number of aliphatic hydroxyl groups excluding tert-OH is 18. The lowest BCUT2D eigenvalue weighted by Crippen LogP contribution is -2.69. The smallest absolute Gasteiger partial charge is 0.187 e. The largest absolute Gasteiger partial charge is 0.396 e. The topological polar surface area (TPSA) is 501 Å². The van der Waals surface area contributed by atoms with Gasteiger partial charge in [0.05, 0.1) is 57.5 Å². The molecule has 552 valence electrons. The fraction of sp³-hybridized carbons (Fsp3) is 0.953. The van der Waals surface area contributed by atoms with Crippen molar-refractivity contribution in [3.05, 3.63) is 11.1 Å². The molecule has 0 radical (unpaired) electrons. The number of Topliss-reactive ketones (excluding diaryl/α,β-unsaturated/α-hetero) is 1. The molecular formula is C64H104O32. The van der Waals surface area contributed by atoms with Crippen LogP contribution in [0.4, 0.5) is 0 Å². The summed E-state index contributed by atoms with van der Waals surface area (Å²) in [5.74, 6) is 0.231. The minimum absolute atomic E-state index is 0.0683. The van der Waals surface area contributed by atoms with E-state index in [1.54, 1.807) is 0 Å². The van der Waals surface area contributed by atoms with Crippen LogP contribution < -0.4 is 0 Å². The van der Waals surface area contributed by atoms with Crippen molar-refractivity contribution in [3.8, 4) is 0 Å². The molecule has 7 saturated heterocycles. The summed E-state index contributed by atoms with van der Waals surface area (Å²) in [7, 11) is 0. The third-order valence-electron chi connectivity index (χ3n) is 24.4. The van der Waals surface area contributed by atoms with Crippen LogP contribution in [-0.4, -0.2) is 333 Å². The van der Waals surface area contributed by atoms with E-state index in [1.807, 2.05) is 13.8 Å². The summed E-state index contributed by atoms with van der Waals surface area (Å²) in [6, 6.07) is 0. The molecule has 0 aromatic carbocycles. The number of fused-ring (bicyclic) bond motifs is 4. The van der Waals surface area contributed by atoms with Gasteiger partial charge in [-0.15, -0.1) is 0 Å². The molecule has 0 aromatic rings. The van der Waals surface area contributed by atoms with Crippen LogP contribution in [0.25, 0.3) is 0 Å². The highest BCUT2D eigenvalue weighted by Gasteiger charge is 2.69. The molecule has 4 aliphatic carbocycles. The van der Waals surface area contributed by atoms with E-state index in [-0.39, 0.29) is 40.5 Å². The number of hydrogen-bond acceptors (Lipinski definition) is 32. The van der Waals surface area contributed by atoms with Crippen LogP contribution in [0.1, 0.15) is 113 Å². The standard InChI is InChI=1S/C64H104O32/c1-8-28(69)30-15-24(2)64(96-30)21-60(4)13-11-26-27(63(60,7)22-64)9-10-35-61(26,5)14-12-36(62(35,6)23-68)91-55-48(82)45(79)41(75)34(90-55)20-85-57-51(38(72)29(70)19-84-57)94-59-53(95-54-47(81)43(77)37(71)25(3)86-54)50(42(76)33(18-67)89-59)92-58-52(46(80)40(74)32(17-66)88-58)93-56-49(83)44(78)39(73)31(16-65)87-56/h24-25,29-59,65-68,70-83H,8-23H2,1-7H3/t24-,25+,29+,30+,31-,32-,33-,34-,35-,36+,37+,38+,39-,40-,41-,42-,43-,44+,45+,46+,47-,48-,49-,50+,51-,52-,53-,54+,55+,56+,57+,58+,59+,60-,61-,62-,63+,64+/m1/s1. The van der Waals surface area contributed by atoms with Gasteiger partial charge in [-0.05, 0) is 92.8 Å². The monoisotopic (exact) mass is 1380 g/mol. The normalized spacial score (nSPS) is 54.6. The Morgan fingerprint density at radius 1 is 0.510 bits per heavy atom. The zero-order valence-electron chi connectivity index (χ0n) is 55.1. The third kappa shape index (κ3) is 13.1. The van der Waals surface area contributed by atoms with Gasteiger partial charge in [0.25, 0.3) is 0 Å². The van der Waals surface area contributed by atoms with Crippen molar-refractivity contribution in [3.63, 3.8) is 0 Å². The van der Waals surface area contributed by atoms with Gasteiger partial charge < -0.3 is 153 Å². The summed E-state index contributed by atoms with van der Waals surface area (Å²) in [4.78, 5) is 13.0. The zero-order valence-corrected chi connectivity index (χ0v) is 55.1. The van der Waals surface area contributed by atoms with Gasteiger partial charge in [0.2, 0.25) is 0 Å². The summed E-state index contributed by atoms with van der Waals surface area (Å²) >= 11 is 0. The number of carbonyl (C=O) groups excluding carboxylic acids is 1. The summed E-state index contributed by atoms with van der Waals surface area (Å²) in [6.45, 7) is 9.77. The average Bonchev–Trinajstić information content (AvgIpc) is 1.44. The molecule has 0 aromatic heterocycles. The van der Waals surface area contributed by atoms with E-state index in [9.17, 15) is 96.7 Å². The van der Waals surface area contributed by atoms with Crippen LogP contribution in [0.15, 0.2) is 11.1 Å². The van der Waals surface area contributed by atoms with Crippen molar-refractivity contribution in [1.82, 2.24) is 0 Å². The van der Waals surface area contributed by atoms with Crippen LogP contribution in [0.3, 0.4) is 0 Å². The maximum atomic E-state index is 13.0. The van der Waals surface area contributed by atoms with Crippen LogP contribution in [0, 0.1) is 33.5 Å². The van der Waals surface area contributed by atoms with Gasteiger partial charge in [-0.2, -0.15) is 0 Å². The minimum atomic E-state index is -2.16. The molecule has 1 spiro atoms. The first-order valence-electron chi connectivity index (χ1n) is 34.0. The van der Waals surface area contributed by atoms with Crippen LogP contribution in [0.5, 0.6) is 0 Å². The fourth-order valence-electron chi connectivity index (χ4n) is 18.2. The Morgan fingerprint density at radius 3 is 1.66 bits per heavy atom. The second-order valence-corrected chi connectivity index (χ2v) is 30.0. The molecule has 18 N–H and O–H groups in total. The van der Waals surface area contributed by atoms with E-state index in [4.69, 9.17) is 61.6 Å². The molecule has 38 atom stereocenters. The lowest BCUT2D eigenvalue weighted by Gasteiger charge is -2.62. The molecule has 2 saturated carbocycles. The van der Waals surface area contributed by atoms with E-state index in [0.29, 0.717) is 32.1 Å². The Hall–Kier alpha value is -1.83. The second kappa shape index (κ2) is 29.0. The van der Waals surface area contributed by atoms with Crippen molar-refractivity contribution in [1.29, 1.82) is 0 Å². The Labute approximate surface area is 555 Å². The number of aliphatic hydroxyl groups is 18. The summed E-state index contributed by atoms with van der Waals surface area (Å²) in [5, 5.41) is 199. The Balaban J connectivity index is 0.823. The highest BCUT2D eigenvalue weighted by atomic mass is 16.8.